The van der Waals surface area contributed by atoms with E-state index in [0.717, 1.165) is 0 Å². The van der Waals surface area contributed by atoms with E-state index in [4.69, 9.17) is 11.6 Å². The van der Waals surface area contributed by atoms with Crippen molar-refractivity contribution >= 4 is 17.4 Å². The Morgan fingerprint density at radius 3 is 2.71 bits per heavy atom. The van der Waals surface area contributed by atoms with Crippen LogP contribution in [0, 0.1) is 12.7 Å². The summed E-state index contributed by atoms with van der Waals surface area (Å²) in [6.45, 7) is 3.13. The molecule has 4 nitrogen and oxygen atoms in total. The lowest BCUT2D eigenvalue weighted by Gasteiger charge is -2.04. The number of carbonyl (C=O) groups is 1. The molecule has 1 aromatic carbocycles. The smallest absolute Gasteiger partial charge is 0.181 e. The van der Waals surface area contributed by atoms with Crippen molar-refractivity contribution in [2.24, 2.45) is 0 Å². The van der Waals surface area contributed by atoms with E-state index in [-0.39, 0.29) is 10.8 Å². The molecule has 0 aliphatic heterocycles. The zero-order valence-corrected chi connectivity index (χ0v) is 9.99. The van der Waals surface area contributed by atoms with E-state index in [9.17, 15) is 9.18 Å². The SMILES string of the molecule is CC(=O)c1nnn(-c2ccc(F)c(Cl)c2)c1C. The Balaban J connectivity index is 2.53. The second kappa shape index (κ2) is 4.25. The van der Waals surface area contributed by atoms with E-state index in [1.54, 1.807) is 6.92 Å². The van der Waals surface area contributed by atoms with E-state index in [1.807, 2.05) is 0 Å². The summed E-state index contributed by atoms with van der Waals surface area (Å²) >= 11 is 5.68. The van der Waals surface area contributed by atoms with E-state index >= 15 is 0 Å². The first-order valence-corrected chi connectivity index (χ1v) is 5.27. The van der Waals surface area contributed by atoms with Crippen LogP contribution in [0.2, 0.25) is 5.02 Å². The molecule has 0 atom stereocenters. The van der Waals surface area contributed by atoms with Gasteiger partial charge in [-0.05, 0) is 25.1 Å². The van der Waals surface area contributed by atoms with E-state index < -0.39 is 5.82 Å². The number of Topliss-reactive ketones (excluding diaryl/α,β-unsaturated/α-hetero) is 1. The van der Waals surface area contributed by atoms with Crippen LogP contribution in [0.3, 0.4) is 0 Å². The predicted molar refractivity (Wildman–Crippen MR) is 61.1 cm³/mol. The Bertz CT molecular complexity index is 594. The molecule has 0 unspecified atom stereocenters. The highest BCUT2D eigenvalue weighted by molar-refractivity contribution is 6.30. The Morgan fingerprint density at radius 1 is 1.47 bits per heavy atom. The molecule has 0 saturated carbocycles. The van der Waals surface area contributed by atoms with Crippen LogP contribution in [0.5, 0.6) is 0 Å². The number of benzene rings is 1. The Kier molecular flexibility index (Phi) is 2.93. The Labute approximate surface area is 102 Å². The van der Waals surface area contributed by atoms with Crippen molar-refractivity contribution in [2.75, 3.05) is 0 Å². The third-order valence-electron chi connectivity index (χ3n) is 2.38. The summed E-state index contributed by atoms with van der Waals surface area (Å²) in [6, 6.07) is 4.20. The molecule has 1 aromatic heterocycles. The van der Waals surface area contributed by atoms with E-state index in [2.05, 4.69) is 10.3 Å². The van der Waals surface area contributed by atoms with Gasteiger partial charge in [-0.25, -0.2) is 9.07 Å². The molecule has 0 N–H and O–H groups in total. The van der Waals surface area contributed by atoms with Crippen molar-refractivity contribution in [1.82, 2.24) is 15.0 Å². The van der Waals surface area contributed by atoms with Crippen LogP contribution < -0.4 is 0 Å². The first-order valence-electron chi connectivity index (χ1n) is 4.89. The zero-order chi connectivity index (χ0) is 12.6. The summed E-state index contributed by atoms with van der Waals surface area (Å²) in [6.07, 6.45) is 0. The highest BCUT2D eigenvalue weighted by Crippen LogP contribution is 2.20. The summed E-state index contributed by atoms with van der Waals surface area (Å²) in [7, 11) is 0. The molecule has 17 heavy (non-hydrogen) atoms. The molecule has 1 heterocycles. The van der Waals surface area contributed by atoms with Crippen LogP contribution in [0.4, 0.5) is 4.39 Å². The van der Waals surface area contributed by atoms with Crippen molar-refractivity contribution in [3.05, 3.63) is 40.4 Å². The van der Waals surface area contributed by atoms with Crippen LogP contribution in [-0.4, -0.2) is 20.8 Å². The van der Waals surface area contributed by atoms with Crippen molar-refractivity contribution < 1.29 is 9.18 Å². The Hall–Kier alpha value is -1.75. The Morgan fingerprint density at radius 2 is 2.18 bits per heavy atom. The topological polar surface area (TPSA) is 47.8 Å². The van der Waals surface area contributed by atoms with E-state index in [1.165, 1.54) is 29.8 Å². The molecule has 0 radical (unpaired) electrons. The lowest BCUT2D eigenvalue weighted by molar-refractivity contribution is 0.101. The fourth-order valence-electron chi connectivity index (χ4n) is 1.52. The van der Waals surface area contributed by atoms with Gasteiger partial charge in [0, 0.05) is 6.92 Å². The van der Waals surface area contributed by atoms with Crippen molar-refractivity contribution in [3.63, 3.8) is 0 Å². The van der Waals surface area contributed by atoms with E-state index in [0.29, 0.717) is 17.1 Å². The van der Waals surface area contributed by atoms with Gasteiger partial charge in [0.15, 0.2) is 11.5 Å². The lowest BCUT2D eigenvalue weighted by atomic mass is 10.2. The average Bonchev–Trinajstić information content (AvgIpc) is 2.64. The summed E-state index contributed by atoms with van der Waals surface area (Å²) in [5, 5.41) is 7.61. The van der Waals surface area contributed by atoms with Crippen LogP contribution in [0.25, 0.3) is 5.69 Å². The molecule has 0 fully saturated rings. The fraction of sp³-hybridized carbons (Fsp3) is 0.182. The molecule has 0 spiro atoms. The minimum absolute atomic E-state index is 0.00164. The molecule has 0 bridgehead atoms. The highest BCUT2D eigenvalue weighted by atomic mass is 35.5. The number of aromatic nitrogens is 3. The fourth-order valence-corrected chi connectivity index (χ4v) is 1.69. The van der Waals surface area contributed by atoms with Gasteiger partial charge < -0.3 is 0 Å². The van der Waals surface area contributed by atoms with Gasteiger partial charge in [-0.2, -0.15) is 0 Å². The van der Waals surface area contributed by atoms with Crippen molar-refractivity contribution in [3.8, 4) is 5.69 Å². The quantitative estimate of drug-likeness (QED) is 0.773. The van der Waals surface area contributed by atoms with Gasteiger partial charge in [-0.3, -0.25) is 4.79 Å². The summed E-state index contributed by atoms with van der Waals surface area (Å²) in [5.41, 5.74) is 1.46. The van der Waals surface area contributed by atoms with Gasteiger partial charge >= 0.3 is 0 Å². The van der Waals surface area contributed by atoms with Crippen LogP contribution in [0.1, 0.15) is 23.1 Å². The summed E-state index contributed by atoms with van der Waals surface area (Å²) in [5.74, 6) is -0.665. The van der Waals surface area contributed by atoms with Gasteiger partial charge in [-0.15, -0.1) is 5.10 Å². The lowest BCUT2D eigenvalue weighted by Crippen LogP contribution is -2.01. The molecular formula is C11H9ClFN3O. The molecule has 88 valence electrons. The number of hydrogen-bond acceptors (Lipinski definition) is 3. The van der Waals surface area contributed by atoms with Gasteiger partial charge in [0.05, 0.1) is 16.4 Å². The monoisotopic (exact) mass is 253 g/mol. The third kappa shape index (κ3) is 2.06. The van der Waals surface area contributed by atoms with Gasteiger partial charge in [0.25, 0.3) is 0 Å². The summed E-state index contributed by atoms with van der Waals surface area (Å²) < 4.78 is 14.5. The number of halogens is 2. The second-order valence-electron chi connectivity index (χ2n) is 3.59. The van der Waals surface area contributed by atoms with Crippen LogP contribution in [-0.2, 0) is 0 Å². The van der Waals surface area contributed by atoms with Crippen molar-refractivity contribution in [2.45, 2.75) is 13.8 Å². The molecule has 2 aromatic rings. The second-order valence-corrected chi connectivity index (χ2v) is 4.00. The molecule has 2 rings (SSSR count). The average molecular weight is 254 g/mol. The maximum absolute atomic E-state index is 13.0. The normalized spacial score (nSPS) is 10.6. The van der Waals surface area contributed by atoms with Crippen LogP contribution >= 0.6 is 11.6 Å². The number of ketones is 1. The maximum Gasteiger partial charge on any atom is 0.181 e. The zero-order valence-electron chi connectivity index (χ0n) is 9.24. The number of nitrogens with zero attached hydrogens (tertiary/aromatic N) is 3. The first kappa shape index (κ1) is 11.7. The predicted octanol–water partition coefficient (Wildman–Crippen LogP) is 2.57. The maximum atomic E-state index is 13.0. The van der Waals surface area contributed by atoms with Gasteiger partial charge in [0.2, 0.25) is 0 Å². The van der Waals surface area contributed by atoms with Crippen LogP contribution in [0.15, 0.2) is 18.2 Å². The van der Waals surface area contributed by atoms with Gasteiger partial charge in [0.1, 0.15) is 5.82 Å². The molecule has 6 heteroatoms. The molecule has 0 amide bonds. The first-order chi connectivity index (χ1) is 8.00. The number of rotatable bonds is 2. The molecule has 0 saturated heterocycles. The van der Waals surface area contributed by atoms with Gasteiger partial charge in [-0.1, -0.05) is 16.8 Å². The highest BCUT2D eigenvalue weighted by Gasteiger charge is 2.14. The van der Waals surface area contributed by atoms with Crippen molar-refractivity contribution in [1.29, 1.82) is 0 Å². The largest absolute Gasteiger partial charge is 0.293 e. The third-order valence-corrected chi connectivity index (χ3v) is 2.67. The number of carbonyl (C=O) groups excluding carboxylic acids is 1. The standard InChI is InChI=1S/C11H9ClFN3O/c1-6-11(7(2)17)14-15-16(6)8-3-4-10(13)9(12)5-8/h3-5H,1-2H3. The number of hydrogen-bond donors (Lipinski definition) is 0. The molecule has 0 aliphatic carbocycles. The minimum atomic E-state index is -0.500. The minimum Gasteiger partial charge on any atom is -0.293 e. The molecule has 0 aliphatic rings. The summed E-state index contributed by atoms with van der Waals surface area (Å²) in [4.78, 5) is 11.2. The molecular weight excluding hydrogens is 245 g/mol.